The number of H-pyrrole nitrogens is 2. The van der Waals surface area contributed by atoms with E-state index in [9.17, 15) is 9.18 Å². The molecule has 10 nitrogen and oxygen atoms in total. The largest absolute Gasteiger partial charge is 0.336 e. The highest BCUT2D eigenvalue weighted by atomic mass is 19.1. The highest BCUT2D eigenvalue weighted by molar-refractivity contribution is 5.95. The van der Waals surface area contributed by atoms with Crippen molar-refractivity contribution in [2.45, 2.75) is 0 Å². The number of hydrogen-bond donors (Lipinski definition) is 3. The Morgan fingerprint density at radius 2 is 1.76 bits per heavy atom. The predicted octanol–water partition coefficient (Wildman–Crippen LogP) is 4.26. The number of amides is 1. The van der Waals surface area contributed by atoms with Gasteiger partial charge in [-0.05, 0) is 62.6 Å². The zero-order valence-electron chi connectivity index (χ0n) is 20.5. The Balaban J connectivity index is 1.38. The first-order chi connectivity index (χ1) is 18.4. The average Bonchev–Trinajstić information content (AvgIpc) is 3.52. The van der Waals surface area contributed by atoms with Crippen molar-refractivity contribution in [3.8, 4) is 34.0 Å². The van der Waals surface area contributed by atoms with Gasteiger partial charge in [0.15, 0.2) is 11.5 Å². The van der Waals surface area contributed by atoms with E-state index in [0.29, 0.717) is 39.6 Å². The summed E-state index contributed by atoms with van der Waals surface area (Å²) in [5.41, 5.74) is 6.72. The smallest absolute Gasteiger partial charge is 0.238 e. The molecule has 5 heterocycles. The second-order valence-corrected chi connectivity index (χ2v) is 9.06. The van der Waals surface area contributed by atoms with E-state index in [1.807, 2.05) is 38.4 Å². The first kappa shape index (κ1) is 23.4. The van der Waals surface area contributed by atoms with Crippen molar-refractivity contribution in [2.24, 2.45) is 0 Å². The van der Waals surface area contributed by atoms with E-state index in [2.05, 4.69) is 30.5 Å². The lowest BCUT2D eigenvalue weighted by Gasteiger charge is -2.10. The van der Waals surface area contributed by atoms with E-state index >= 15 is 0 Å². The SMILES string of the molecule is CN(C)CC(=O)Nc1cncc(-c2ccc3[nH]nc(-c4nc5c(-c6ccc(F)cc6)nccc5[nH]4)c3n2)c1. The molecular formula is C27H22FN9O. The summed E-state index contributed by atoms with van der Waals surface area (Å²) in [6.07, 6.45) is 4.97. The number of carbonyl (C=O) groups is 1. The number of aromatic amines is 2. The number of fused-ring (bicyclic) bond motifs is 2. The summed E-state index contributed by atoms with van der Waals surface area (Å²) < 4.78 is 13.4. The van der Waals surface area contributed by atoms with Crippen LogP contribution in [0.2, 0.25) is 0 Å². The quantitative estimate of drug-likeness (QED) is 0.307. The Labute approximate surface area is 216 Å². The van der Waals surface area contributed by atoms with Crippen LogP contribution in [0.1, 0.15) is 0 Å². The van der Waals surface area contributed by atoms with Crippen LogP contribution < -0.4 is 5.32 Å². The fraction of sp³-hybridized carbons (Fsp3) is 0.111. The molecule has 3 N–H and O–H groups in total. The molecule has 1 amide bonds. The number of carbonyl (C=O) groups excluding carboxylic acids is 1. The predicted molar refractivity (Wildman–Crippen MR) is 143 cm³/mol. The molecule has 0 unspecified atom stereocenters. The maximum absolute atomic E-state index is 13.4. The molecule has 0 aliphatic rings. The van der Waals surface area contributed by atoms with Crippen molar-refractivity contribution in [1.82, 2.24) is 40.0 Å². The van der Waals surface area contributed by atoms with E-state index < -0.39 is 0 Å². The van der Waals surface area contributed by atoms with E-state index in [-0.39, 0.29) is 18.3 Å². The number of pyridine rings is 3. The minimum atomic E-state index is -0.315. The van der Waals surface area contributed by atoms with Crippen LogP contribution in [0.5, 0.6) is 0 Å². The Bertz CT molecular complexity index is 1790. The lowest BCUT2D eigenvalue weighted by molar-refractivity contribution is -0.116. The van der Waals surface area contributed by atoms with Gasteiger partial charge in [0.2, 0.25) is 5.91 Å². The van der Waals surface area contributed by atoms with Crippen molar-refractivity contribution in [1.29, 1.82) is 0 Å². The number of imidazole rings is 1. The van der Waals surface area contributed by atoms with Crippen LogP contribution in [-0.4, -0.2) is 66.6 Å². The minimum absolute atomic E-state index is 0.131. The number of rotatable bonds is 6. The van der Waals surface area contributed by atoms with Gasteiger partial charge in [-0.1, -0.05) is 0 Å². The van der Waals surface area contributed by atoms with Crippen LogP contribution >= 0.6 is 0 Å². The van der Waals surface area contributed by atoms with Gasteiger partial charge in [0.25, 0.3) is 0 Å². The van der Waals surface area contributed by atoms with Gasteiger partial charge in [-0.25, -0.2) is 14.4 Å². The molecule has 0 aliphatic carbocycles. The molecule has 0 bridgehead atoms. The van der Waals surface area contributed by atoms with E-state index in [1.54, 1.807) is 35.6 Å². The Morgan fingerprint density at radius 1 is 0.947 bits per heavy atom. The van der Waals surface area contributed by atoms with Crippen molar-refractivity contribution in [3.05, 3.63) is 72.9 Å². The lowest BCUT2D eigenvalue weighted by Crippen LogP contribution is -2.27. The summed E-state index contributed by atoms with van der Waals surface area (Å²) >= 11 is 0. The number of aromatic nitrogens is 7. The average molecular weight is 508 g/mol. The summed E-state index contributed by atoms with van der Waals surface area (Å²) in [5.74, 6) is 0.0779. The monoisotopic (exact) mass is 507 g/mol. The van der Waals surface area contributed by atoms with Crippen LogP contribution in [0.25, 0.3) is 56.1 Å². The van der Waals surface area contributed by atoms with Crippen LogP contribution in [0.3, 0.4) is 0 Å². The minimum Gasteiger partial charge on any atom is -0.336 e. The third kappa shape index (κ3) is 4.46. The number of likely N-dealkylation sites (N-methyl/N-ethyl adjacent to an activating group) is 1. The van der Waals surface area contributed by atoms with E-state index in [4.69, 9.17) is 9.97 Å². The maximum atomic E-state index is 13.4. The number of anilines is 1. The van der Waals surface area contributed by atoms with Gasteiger partial charge < -0.3 is 15.2 Å². The van der Waals surface area contributed by atoms with Gasteiger partial charge in [0.05, 0.1) is 40.9 Å². The van der Waals surface area contributed by atoms with Gasteiger partial charge in [-0.3, -0.25) is 19.9 Å². The molecule has 38 heavy (non-hydrogen) atoms. The summed E-state index contributed by atoms with van der Waals surface area (Å²) in [5, 5.41) is 10.3. The molecule has 188 valence electrons. The van der Waals surface area contributed by atoms with Crippen LogP contribution in [-0.2, 0) is 4.79 Å². The normalized spacial score (nSPS) is 11.5. The fourth-order valence-corrected chi connectivity index (χ4v) is 4.23. The number of benzene rings is 1. The molecule has 0 saturated carbocycles. The van der Waals surface area contributed by atoms with Gasteiger partial charge in [0, 0.05) is 23.5 Å². The second-order valence-electron chi connectivity index (χ2n) is 9.06. The summed E-state index contributed by atoms with van der Waals surface area (Å²) in [4.78, 5) is 35.6. The molecule has 0 aliphatic heterocycles. The Hall–Kier alpha value is -5.03. The third-order valence-electron chi connectivity index (χ3n) is 5.93. The van der Waals surface area contributed by atoms with Gasteiger partial charge >= 0.3 is 0 Å². The third-order valence-corrected chi connectivity index (χ3v) is 5.93. The number of nitrogens with one attached hydrogen (secondary N) is 3. The van der Waals surface area contributed by atoms with Crippen molar-refractivity contribution in [3.63, 3.8) is 0 Å². The van der Waals surface area contributed by atoms with Crippen LogP contribution in [0.4, 0.5) is 10.1 Å². The number of nitrogens with zero attached hydrogens (tertiary/aromatic N) is 6. The van der Waals surface area contributed by atoms with Crippen LogP contribution in [0, 0.1) is 5.82 Å². The standard InChI is InChI=1S/C27H22FN9O/c1-37(2)14-22(38)31-18-11-16(12-29-13-18)19-7-8-21-25(32-19)26(36-35-21)27-33-20-9-10-30-23(24(20)34-27)15-3-5-17(28)6-4-15/h3-13H,14H2,1-2H3,(H,31,38)(H,33,34)(H,35,36). The highest BCUT2D eigenvalue weighted by Crippen LogP contribution is 2.31. The molecule has 0 spiro atoms. The molecule has 6 rings (SSSR count). The van der Waals surface area contributed by atoms with Crippen molar-refractivity contribution >= 4 is 33.7 Å². The highest BCUT2D eigenvalue weighted by Gasteiger charge is 2.18. The topological polar surface area (TPSA) is 128 Å². The summed E-state index contributed by atoms with van der Waals surface area (Å²) in [6, 6.07) is 13.6. The number of halogens is 1. The molecular weight excluding hydrogens is 485 g/mol. The first-order valence-electron chi connectivity index (χ1n) is 11.8. The zero-order valence-corrected chi connectivity index (χ0v) is 20.5. The Kier molecular flexibility index (Phi) is 5.81. The Morgan fingerprint density at radius 3 is 2.58 bits per heavy atom. The van der Waals surface area contributed by atoms with Crippen LogP contribution in [0.15, 0.2) is 67.1 Å². The van der Waals surface area contributed by atoms with Crippen molar-refractivity contribution in [2.75, 3.05) is 26.0 Å². The summed E-state index contributed by atoms with van der Waals surface area (Å²) in [6.45, 7) is 0.267. The molecule has 1 aromatic carbocycles. The van der Waals surface area contributed by atoms with Gasteiger partial charge in [-0.2, -0.15) is 5.10 Å². The summed E-state index contributed by atoms with van der Waals surface area (Å²) in [7, 11) is 3.66. The van der Waals surface area contributed by atoms with Gasteiger partial charge in [-0.15, -0.1) is 0 Å². The first-order valence-corrected chi connectivity index (χ1v) is 11.8. The molecule has 0 saturated heterocycles. The molecule has 0 radical (unpaired) electrons. The zero-order chi connectivity index (χ0) is 26.2. The molecule has 6 aromatic rings. The van der Waals surface area contributed by atoms with E-state index in [1.165, 1.54) is 12.1 Å². The molecule has 0 atom stereocenters. The van der Waals surface area contributed by atoms with Gasteiger partial charge in [0.1, 0.15) is 16.9 Å². The number of hydrogen-bond acceptors (Lipinski definition) is 7. The lowest BCUT2D eigenvalue weighted by atomic mass is 10.1. The molecule has 0 fully saturated rings. The second kappa shape index (κ2) is 9.45. The fourth-order valence-electron chi connectivity index (χ4n) is 4.23. The van der Waals surface area contributed by atoms with E-state index in [0.717, 1.165) is 22.2 Å². The molecule has 5 aromatic heterocycles. The molecule has 11 heteroatoms. The maximum Gasteiger partial charge on any atom is 0.238 e. The van der Waals surface area contributed by atoms with Crippen molar-refractivity contribution < 1.29 is 9.18 Å².